The number of aliphatic hydroxyl groups excluding tert-OH is 6. The van der Waals surface area contributed by atoms with E-state index in [1.54, 1.807) is 0 Å². The van der Waals surface area contributed by atoms with E-state index in [2.05, 4.69) is 0 Å². The van der Waals surface area contributed by atoms with Gasteiger partial charge in [0.15, 0.2) is 0 Å². The summed E-state index contributed by atoms with van der Waals surface area (Å²) in [4.78, 5) is 0. The Hall–Kier alpha value is 4.67. The van der Waals surface area contributed by atoms with Crippen LogP contribution in [0.1, 0.15) is 0 Å². The van der Waals surface area contributed by atoms with Crippen molar-refractivity contribution in [3.63, 3.8) is 0 Å². The Labute approximate surface area is 216 Å². The Bertz CT molecular complexity index is 115. The Morgan fingerprint density at radius 3 is 0.933 bits per heavy atom. The summed E-state index contributed by atoms with van der Waals surface area (Å²) in [5, 5.41) is 52.2. The van der Waals surface area contributed by atoms with E-state index in [9.17, 15) is 0 Å². The number of hydrogen-bond acceptors (Lipinski definition) is 6. The predicted octanol–water partition coefficient (Wildman–Crippen LogP) is -4.73. The minimum Gasteiger partial charge on any atom is -0.394 e. The van der Waals surface area contributed by atoms with Gasteiger partial charge in [0.25, 0.3) is 0 Å². The van der Waals surface area contributed by atoms with Crippen LogP contribution in [0.2, 0.25) is 0 Å². The molecule has 9 heteroatoms. The fourth-order valence-electron chi connectivity index (χ4n) is 0.671. The van der Waals surface area contributed by atoms with Crippen molar-refractivity contribution in [3.8, 4) is 0 Å². The van der Waals surface area contributed by atoms with Crippen LogP contribution >= 0.6 is 0 Å². The average Bonchev–Trinajstić information content (AvgIpc) is 2.12. The molecule has 0 bridgehead atoms. The monoisotopic (exact) mass is 299 g/mol. The van der Waals surface area contributed by atoms with Crippen molar-refractivity contribution in [3.05, 3.63) is 0 Å². The summed E-state index contributed by atoms with van der Waals surface area (Å²) in [5.74, 6) is 0. The molecule has 0 aromatic carbocycles. The maximum atomic E-state index is 8.96. The summed E-state index contributed by atoms with van der Waals surface area (Å²) in [6.07, 6.45) is -6.39. The first kappa shape index (κ1) is 27.9. The van der Waals surface area contributed by atoms with Gasteiger partial charge >= 0.3 is 0 Å². The fraction of sp³-hybridized carbons (Fsp3) is 1.00. The molecule has 0 rings (SSSR count). The minimum atomic E-state index is -1.67. The molecule has 0 saturated carbocycles. The molecule has 0 amide bonds. The maximum absolute atomic E-state index is 8.96. The van der Waals surface area contributed by atoms with Crippen LogP contribution in [0.5, 0.6) is 0 Å². The zero-order valence-corrected chi connectivity index (χ0v) is 18.8. The van der Waals surface area contributed by atoms with Crippen molar-refractivity contribution in [2.24, 2.45) is 0 Å². The first-order valence-electron chi connectivity index (χ1n) is 3.48. The molecule has 0 aliphatic carbocycles. The van der Waals surface area contributed by atoms with Crippen LogP contribution < -0.4 is 0 Å². The summed E-state index contributed by atoms with van der Waals surface area (Å²) in [7, 11) is 0. The summed E-state index contributed by atoms with van der Waals surface area (Å²) < 4.78 is 0. The van der Waals surface area contributed by atoms with E-state index in [4.69, 9.17) is 30.6 Å². The molecule has 0 heterocycles. The van der Waals surface area contributed by atoms with Gasteiger partial charge < -0.3 is 30.6 Å². The molecule has 77 valence electrons. The summed E-state index contributed by atoms with van der Waals surface area (Å²) in [6.45, 7) is -1.45. The van der Waals surface area contributed by atoms with Crippen LogP contribution in [0.25, 0.3) is 0 Å². The third-order valence-electron chi connectivity index (χ3n) is 1.51. The second-order valence-electron chi connectivity index (χ2n) is 2.48. The number of hydrogen-bond donors (Lipinski definition) is 6. The zero-order valence-electron chi connectivity index (χ0n) is 9.41. The molecule has 6 N–H and O–H groups in total. The normalized spacial score (nSPS) is 17.2. The van der Waals surface area contributed by atoms with Crippen molar-refractivity contribution in [2.45, 2.75) is 24.4 Å². The largest absolute Gasteiger partial charge is 0.394 e. The van der Waals surface area contributed by atoms with E-state index < -0.39 is 37.6 Å². The van der Waals surface area contributed by atoms with Gasteiger partial charge in [-0.25, -0.2) is 0 Å². The first-order valence-corrected chi connectivity index (χ1v) is 3.48. The van der Waals surface area contributed by atoms with Crippen LogP contribution in [-0.2, 0) is 0 Å². The second kappa shape index (κ2) is 16.7. The van der Waals surface area contributed by atoms with Gasteiger partial charge in [0.1, 0.15) is 24.4 Å². The molecule has 0 aliphatic rings. The molecular weight excluding hydrogens is 285 g/mol. The Morgan fingerprint density at radius 1 is 0.600 bits per heavy atom. The molecular formula is C6H14K3O6. The molecule has 6 nitrogen and oxygen atoms in total. The topological polar surface area (TPSA) is 121 Å². The zero-order chi connectivity index (χ0) is 9.72. The summed E-state index contributed by atoms with van der Waals surface area (Å²) in [6, 6.07) is 0. The molecule has 0 aliphatic heterocycles. The molecule has 0 fully saturated rings. The first-order chi connectivity index (χ1) is 5.54. The van der Waals surface area contributed by atoms with Crippen molar-refractivity contribution in [1.29, 1.82) is 0 Å². The van der Waals surface area contributed by atoms with E-state index in [-0.39, 0.29) is 154 Å². The smallest absolute Gasteiger partial charge is 0.111 e. The molecule has 0 aromatic heterocycles. The average molecular weight is 299 g/mol. The van der Waals surface area contributed by atoms with Gasteiger partial charge in [-0.2, -0.15) is 0 Å². The van der Waals surface area contributed by atoms with Gasteiger partial charge in [0.05, 0.1) is 13.2 Å². The van der Waals surface area contributed by atoms with E-state index in [1.807, 2.05) is 0 Å². The van der Waals surface area contributed by atoms with E-state index in [0.717, 1.165) is 0 Å². The van der Waals surface area contributed by atoms with Crippen LogP contribution in [-0.4, -0.2) is 222 Å². The van der Waals surface area contributed by atoms with Crippen LogP contribution in [0, 0.1) is 0 Å². The molecule has 15 heavy (non-hydrogen) atoms. The van der Waals surface area contributed by atoms with Gasteiger partial charge in [-0.15, -0.1) is 0 Å². The van der Waals surface area contributed by atoms with Crippen LogP contribution in [0.15, 0.2) is 0 Å². The Balaban J connectivity index is -0.000000202. The van der Waals surface area contributed by atoms with Gasteiger partial charge in [0.2, 0.25) is 0 Å². The Morgan fingerprint density at radius 2 is 0.800 bits per heavy atom. The van der Waals surface area contributed by atoms with E-state index in [1.165, 1.54) is 0 Å². The summed E-state index contributed by atoms with van der Waals surface area (Å²) in [5.41, 5.74) is 0. The standard InChI is InChI=1S/C6H14O6.3K/c7-1-3(9)5(11)6(12)4(10)2-8;;;/h3-12H,1-2H2;;;/t3-,4-,5-,6-;;;/m1.../s1. The molecule has 0 saturated heterocycles. The van der Waals surface area contributed by atoms with Gasteiger partial charge in [-0.3, -0.25) is 0 Å². The fourth-order valence-corrected chi connectivity index (χ4v) is 0.671. The summed E-state index contributed by atoms with van der Waals surface area (Å²) >= 11 is 0. The van der Waals surface area contributed by atoms with Gasteiger partial charge in [-0.05, 0) is 0 Å². The Kier molecular flexibility index (Phi) is 31.1. The molecule has 4 atom stereocenters. The van der Waals surface area contributed by atoms with E-state index >= 15 is 0 Å². The molecule has 0 aromatic rings. The SMILES string of the molecule is OC[C@@H](O)[C@@H](O)[C@H](O)[C@H](O)CO.[K].[K].[K]. The van der Waals surface area contributed by atoms with Gasteiger partial charge in [-0.1, -0.05) is 0 Å². The number of aliphatic hydroxyl groups is 6. The van der Waals surface area contributed by atoms with Crippen molar-refractivity contribution >= 4 is 154 Å². The van der Waals surface area contributed by atoms with E-state index in [0.29, 0.717) is 0 Å². The van der Waals surface area contributed by atoms with Crippen molar-refractivity contribution in [1.82, 2.24) is 0 Å². The molecule has 0 spiro atoms. The molecule has 3 radical (unpaired) electrons. The third-order valence-corrected chi connectivity index (χ3v) is 1.51. The third kappa shape index (κ3) is 12.1. The second-order valence-corrected chi connectivity index (χ2v) is 2.48. The van der Waals surface area contributed by atoms with Gasteiger partial charge in [0, 0.05) is 154 Å². The van der Waals surface area contributed by atoms with Crippen LogP contribution in [0.3, 0.4) is 0 Å². The van der Waals surface area contributed by atoms with Crippen LogP contribution in [0.4, 0.5) is 0 Å². The van der Waals surface area contributed by atoms with Crippen molar-refractivity contribution < 1.29 is 30.6 Å². The maximum Gasteiger partial charge on any atom is 0.111 e. The molecule has 0 unspecified atom stereocenters. The van der Waals surface area contributed by atoms with Crippen molar-refractivity contribution in [2.75, 3.05) is 13.2 Å². The minimum absolute atomic E-state index is 0. The predicted molar refractivity (Wildman–Crippen MR) is 55.5 cm³/mol. The quantitative estimate of drug-likeness (QED) is 0.284. The number of rotatable bonds is 5.